The van der Waals surface area contributed by atoms with Crippen molar-refractivity contribution in [2.75, 3.05) is 0 Å². The summed E-state index contributed by atoms with van der Waals surface area (Å²) in [5.74, 6) is -1.18. The van der Waals surface area contributed by atoms with Gasteiger partial charge >= 0.3 is 5.97 Å². The van der Waals surface area contributed by atoms with E-state index in [-0.39, 0.29) is 12.3 Å². The van der Waals surface area contributed by atoms with Gasteiger partial charge in [-0.05, 0) is 18.9 Å². The Morgan fingerprint density at radius 1 is 1.35 bits per heavy atom. The topological polar surface area (TPSA) is 70.3 Å². The molecule has 1 heterocycles. The number of aromatic nitrogens is 1. The molecule has 0 radical (unpaired) electrons. The zero-order chi connectivity index (χ0) is 15.0. The number of hydrogen-bond donors (Lipinski definition) is 2. The Morgan fingerprint density at radius 3 is 2.55 bits per heavy atom. The second-order valence-corrected chi connectivity index (χ2v) is 4.96. The highest BCUT2D eigenvalue weighted by Crippen LogP contribution is 2.01. The van der Waals surface area contributed by atoms with Crippen LogP contribution in [0.5, 0.6) is 0 Å². The first-order chi connectivity index (χ1) is 9.52. The third-order valence-electron chi connectivity index (χ3n) is 3.13. The van der Waals surface area contributed by atoms with E-state index in [4.69, 9.17) is 5.11 Å². The fraction of sp³-hybridized carbons (Fsp3) is 0.533. The molecule has 20 heavy (non-hydrogen) atoms. The van der Waals surface area contributed by atoms with E-state index in [1.807, 2.05) is 42.9 Å². The number of carbonyl (C=O) groups is 2. The average molecular weight is 279 g/mol. The van der Waals surface area contributed by atoms with Crippen molar-refractivity contribution in [3.8, 4) is 0 Å². The summed E-state index contributed by atoms with van der Waals surface area (Å²) in [5, 5.41) is 11.6. The molecule has 1 atom stereocenters. The van der Waals surface area contributed by atoms with Crippen molar-refractivity contribution in [2.45, 2.75) is 52.1 Å². The molecule has 0 spiro atoms. The van der Waals surface area contributed by atoms with E-state index in [0.717, 1.165) is 18.4 Å². The number of rotatable bonds is 8. The Kier molecular flexibility index (Phi) is 6.70. The van der Waals surface area contributed by atoms with Crippen LogP contribution in [0.2, 0.25) is 0 Å². The van der Waals surface area contributed by atoms with Crippen molar-refractivity contribution in [1.29, 1.82) is 0 Å². The van der Waals surface area contributed by atoms with Crippen molar-refractivity contribution in [1.82, 2.24) is 5.32 Å². The van der Waals surface area contributed by atoms with E-state index in [1.165, 1.54) is 0 Å². The van der Waals surface area contributed by atoms with Crippen LogP contribution in [0.4, 0.5) is 0 Å². The van der Waals surface area contributed by atoms with Crippen LogP contribution in [0, 0.1) is 6.92 Å². The number of aryl methyl sites for hydroxylation is 2. The number of aliphatic carboxylic acids is 1. The molecule has 5 nitrogen and oxygen atoms in total. The van der Waals surface area contributed by atoms with Gasteiger partial charge in [0.1, 0.15) is 6.04 Å². The molecule has 0 saturated carbocycles. The number of unbranched alkanes of at least 4 members (excludes halogenated alkanes) is 1. The summed E-state index contributed by atoms with van der Waals surface area (Å²) >= 11 is 0. The lowest BCUT2D eigenvalue weighted by Gasteiger charge is -2.13. The Morgan fingerprint density at radius 2 is 2.00 bits per heavy atom. The smallest absolute Gasteiger partial charge is 0.326 e. The molecular formula is C15H23N2O3+. The van der Waals surface area contributed by atoms with Crippen molar-refractivity contribution in [2.24, 2.45) is 0 Å². The van der Waals surface area contributed by atoms with Crippen LogP contribution in [0.15, 0.2) is 24.5 Å². The molecule has 0 bridgehead atoms. The molecule has 110 valence electrons. The number of amides is 1. The predicted octanol–water partition coefficient (Wildman–Crippen LogP) is 1.43. The van der Waals surface area contributed by atoms with Gasteiger partial charge in [0.25, 0.3) is 0 Å². The second kappa shape index (κ2) is 8.30. The number of carboxylic acid groups (broad SMARTS) is 1. The highest BCUT2D eigenvalue weighted by molar-refractivity contribution is 5.83. The summed E-state index contributed by atoms with van der Waals surface area (Å²) in [6, 6.07) is 3.17. The Hall–Kier alpha value is -1.91. The van der Waals surface area contributed by atoms with E-state index in [1.54, 1.807) is 0 Å². The van der Waals surface area contributed by atoms with E-state index < -0.39 is 12.0 Å². The molecule has 1 amide bonds. The summed E-state index contributed by atoms with van der Waals surface area (Å²) < 4.78 is 1.91. The molecule has 0 aromatic carbocycles. The molecule has 1 aromatic heterocycles. The average Bonchev–Trinajstić information content (AvgIpc) is 2.42. The molecule has 1 aromatic rings. The van der Waals surface area contributed by atoms with Crippen LogP contribution in [0.1, 0.15) is 38.2 Å². The number of nitrogens with one attached hydrogen (secondary N) is 1. The summed E-state index contributed by atoms with van der Waals surface area (Å²) in [5.41, 5.74) is 1.16. The fourth-order valence-corrected chi connectivity index (χ4v) is 1.84. The molecule has 0 aliphatic carbocycles. The fourth-order valence-electron chi connectivity index (χ4n) is 1.84. The Bertz CT molecular complexity index is 443. The third-order valence-corrected chi connectivity index (χ3v) is 3.13. The molecule has 5 heteroatoms. The van der Waals surface area contributed by atoms with Gasteiger partial charge in [0, 0.05) is 12.1 Å². The summed E-state index contributed by atoms with van der Waals surface area (Å²) in [7, 11) is 0. The second-order valence-electron chi connectivity index (χ2n) is 4.96. The van der Waals surface area contributed by atoms with Crippen LogP contribution in [0.25, 0.3) is 0 Å². The van der Waals surface area contributed by atoms with Crippen LogP contribution in [0.3, 0.4) is 0 Å². The van der Waals surface area contributed by atoms with Gasteiger partial charge in [-0.25, -0.2) is 9.36 Å². The van der Waals surface area contributed by atoms with E-state index in [2.05, 4.69) is 5.32 Å². The van der Waals surface area contributed by atoms with E-state index in [0.29, 0.717) is 13.0 Å². The first-order valence-corrected chi connectivity index (χ1v) is 7.00. The van der Waals surface area contributed by atoms with E-state index >= 15 is 0 Å². The number of carboxylic acids is 1. The highest BCUT2D eigenvalue weighted by Gasteiger charge is 2.19. The first kappa shape index (κ1) is 16.1. The van der Waals surface area contributed by atoms with Crippen molar-refractivity contribution in [3.05, 3.63) is 30.1 Å². The molecule has 0 fully saturated rings. The number of carbonyl (C=O) groups excluding carboxylic acids is 1. The number of pyridine rings is 1. The molecule has 0 saturated heterocycles. The number of nitrogens with zero attached hydrogens (tertiary/aromatic N) is 1. The highest BCUT2D eigenvalue weighted by atomic mass is 16.4. The van der Waals surface area contributed by atoms with Crippen LogP contribution in [-0.2, 0) is 16.1 Å². The lowest BCUT2D eigenvalue weighted by Crippen LogP contribution is -2.43. The molecule has 0 aliphatic rings. The standard InChI is InChI=1S/C15H22N2O3/c1-3-4-5-13(15(19)20)16-14(18)8-11-17-9-6-12(2)7-10-17/h6-7,9-10,13H,3-5,8,11H2,1-2H3,(H-,16,18,19,20)/p+1. The van der Waals surface area contributed by atoms with Crippen LogP contribution >= 0.6 is 0 Å². The summed E-state index contributed by atoms with van der Waals surface area (Å²) in [6.07, 6.45) is 6.30. The zero-order valence-corrected chi connectivity index (χ0v) is 12.1. The molecular weight excluding hydrogens is 256 g/mol. The van der Waals surface area contributed by atoms with Gasteiger partial charge in [0.15, 0.2) is 18.9 Å². The van der Waals surface area contributed by atoms with Crippen molar-refractivity contribution < 1.29 is 19.3 Å². The van der Waals surface area contributed by atoms with Gasteiger partial charge in [0.05, 0.1) is 6.42 Å². The SMILES string of the molecule is CCCCC(NC(=O)CC[n+]1ccc(C)cc1)C(=O)O. The van der Waals surface area contributed by atoms with Gasteiger partial charge in [0.2, 0.25) is 5.91 Å². The maximum atomic E-state index is 11.8. The van der Waals surface area contributed by atoms with Gasteiger partial charge in [-0.3, -0.25) is 4.79 Å². The Labute approximate surface area is 119 Å². The van der Waals surface area contributed by atoms with Crippen molar-refractivity contribution >= 4 is 11.9 Å². The molecule has 1 unspecified atom stereocenters. The largest absolute Gasteiger partial charge is 0.480 e. The monoisotopic (exact) mass is 279 g/mol. The minimum Gasteiger partial charge on any atom is -0.480 e. The quantitative estimate of drug-likeness (QED) is 0.707. The summed E-state index contributed by atoms with van der Waals surface area (Å²) in [4.78, 5) is 22.8. The number of hydrogen-bond acceptors (Lipinski definition) is 2. The van der Waals surface area contributed by atoms with Gasteiger partial charge < -0.3 is 10.4 Å². The first-order valence-electron chi connectivity index (χ1n) is 7.00. The van der Waals surface area contributed by atoms with Crippen LogP contribution < -0.4 is 9.88 Å². The predicted molar refractivity (Wildman–Crippen MR) is 75.1 cm³/mol. The van der Waals surface area contributed by atoms with Gasteiger partial charge in [-0.15, -0.1) is 0 Å². The lowest BCUT2D eigenvalue weighted by molar-refractivity contribution is -0.695. The maximum Gasteiger partial charge on any atom is 0.326 e. The normalized spacial score (nSPS) is 11.9. The summed E-state index contributed by atoms with van der Waals surface area (Å²) in [6.45, 7) is 4.54. The lowest BCUT2D eigenvalue weighted by atomic mass is 10.1. The zero-order valence-electron chi connectivity index (χ0n) is 12.1. The molecule has 0 aliphatic heterocycles. The Balaban J connectivity index is 2.41. The van der Waals surface area contributed by atoms with Crippen LogP contribution in [-0.4, -0.2) is 23.0 Å². The molecule has 1 rings (SSSR count). The third kappa shape index (κ3) is 5.82. The minimum absolute atomic E-state index is 0.221. The van der Waals surface area contributed by atoms with Gasteiger partial charge in [-0.1, -0.05) is 19.8 Å². The minimum atomic E-state index is -0.963. The van der Waals surface area contributed by atoms with E-state index in [9.17, 15) is 9.59 Å². The van der Waals surface area contributed by atoms with Gasteiger partial charge in [-0.2, -0.15) is 0 Å². The van der Waals surface area contributed by atoms with Crippen molar-refractivity contribution in [3.63, 3.8) is 0 Å². The molecule has 2 N–H and O–H groups in total. The maximum absolute atomic E-state index is 11.8.